The number of unbranched alkanes of at least 4 members (excludes halogenated alkanes) is 2. The minimum atomic E-state index is 0.0220. The van der Waals surface area contributed by atoms with E-state index in [-0.39, 0.29) is 22.2 Å². The van der Waals surface area contributed by atoms with Crippen LogP contribution in [-0.2, 0) is 35.7 Å². The fourth-order valence-electron chi connectivity index (χ4n) is 4.88. The quantitative estimate of drug-likeness (QED) is 0.154. The Morgan fingerprint density at radius 2 is 1.00 bits per heavy atom. The number of hydrogen-bond donors (Lipinski definition) is 2. The van der Waals surface area contributed by atoms with Crippen LogP contribution in [0.15, 0.2) is 32.0 Å². The van der Waals surface area contributed by atoms with Crippen molar-refractivity contribution in [1.29, 1.82) is 0 Å². The lowest BCUT2D eigenvalue weighted by Crippen LogP contribution is -2.30. The molecule has 224 valence electrons. The maximum Gasteiger partial charge on any atom is 0.329 e. The first-order valence-corrected chi connectivity index (χ1v) is 15.4. The highest BCUT2D eigenvalue weighted by Gasteiger charge is 2.22. The van der Waals surface area contributed by atoms with E-state index < -0.39 is 0 Å². The Labute approximate surface area is 245 Å². The molecule has 0 bridgehead atoms. The van der Waals surface area contributed by atoms with Crippen LogP contribution in [0, 0.1) is 10.8 Å². The molecule has 0 spiro atoms. The summed E-state index contributed by atoms with van der Waals surface area (Å²) in [7, 11) is 0. The summed E-state index contributed by atoms with van der Waals surface area (Å²) in [6.07, 6.45) is 10.8. The average Bonchev–Trinajstić information content (AvgIpc) is 3.30. The average molecular weight is 585 g/mol. The van der Waals surface area contributed by atoms with Crippen molar-refractivity contribution in [3.63, 3.8) is 0 Å². The van der Waals surface area contributed by atoms with Gasteiger partial charge in [-0.2, -0.15) is 0 Å². The van der Waals surface area contributed by atoms with Gasteiger partial charge in [0, 0.05) is 65.0 Å². The SMILES string of the molecule is CCn1cc(S)n(CC(C)(C)CCCCOCCCOCCCCC(C)(C)Cn2c(S)cn(CC)c2=O)c1=O. The number of imidazole rings is 2. The van der Waals surface area contributed by atoms with Crippen molar-refractivity contribution >= 4 is 25.3 Å². The molecule has 2 aromatic rings. The van der Waals surface area contributed by atoms with E-state index in [0.29, 0.717) is 26.2 Å². The van der Waals surface area contributed by atoms with Gasteiger partial charge in [0.15, 0.2) is 0 Å². The van der Waals surface area contributed by atoms with Crippen LogP contribution in [-0.4, -0.2) is 44.7 Å². The highest BCUT2D eigenvalue weighted by atomic mass is 32.1. The number of thiol groups is 2. The Bertz CT molecular complexity index is 1030. The molecule has 0 saturated heterocycles. The lowest BCUT2D eigenvalue weighted by molar-refractivity contribution is 0.0774. The Hall–Kier alpha value is -1.36. The zero-order valence-corrected chi connectivity index (χ0v) is 26.9. The van der Waals surface area contributed by atoms with Crippen molar-refractivity contribution in [3.05, 3.63) is 33.4 Å². The Morgan fingerprint density at radius 1 is 0.641 bits per heavy atom. The molecule has 0 radical (unpaired) electrons. The molecule has 8 nitrogen and oxygen atoms in total. The monoisotopic (exact) mass is 584 g/mol. The highest BCUT2D eigenvalue weighted by molar-refractivity contribution is 7.80. The molecule has 2 aromatic heterocycles. The molecule has 0 unspecified atom stereocenters. The van der Waals surface area contributed by atoms with Crippen LogP contribution in [0.2, 0.25) is 0 Å². The van der Waals surface area contributed by atoms with Gasteiger partial charge in [-0.3, -0.25) is 18.3 Å². The number of ether oxygens (including phenoxy) is 2. The molecule has 0 saturated carbocycles. The fraction of sp³-hybridized carbons (Fsp3) is 0.793. The first-order chi connectivity index (χ1) is 18.4. The van der Waals surface area contributed by atoms with E-state index in [4.69, 9.17) is 9.47 Å². The van der Waals surface area contributed by atoms with Crippen molar-refractivity contribution in [2.75, 3.05) is 26.4 Å². The Balaban J connectivity index is 1.48. The second kappa shape index (κ2) is 16.2. The van der Waals surface area contributed by atoms with E-state index in [9.17, 15) is 9.59 Å². The van der Waals surface area contributed by atoms with Gasteiger partial charge in [0.2, 0.25) is 0 Å². The van der Waals surface area contributed by atoms with Crippen molar-refractivity contribution in [2.45, 2.75) is 123 Å². The largest absolute Gasteiger partial charge is 0.381 e. The van der Waals surface area contributed by atoms with E-state index in [2.05, 4.69) is 53.0 Å². The van der Waals surface area contributed by atoms with E-state index in [0.717, 1.165) is 81.4 Å². The third-order valence-corrected chi connectivity index (χ3v) is 7.98. The van der Waals surface area contributed by atoms with E-state index in [1.54, 1.807) is 18.3 Å². The molecule has 2 rings (SSSR count). The van der Waals surface area contributed by atoms with Gasteiger partial charge in [-0.15, -0.1) is 25.3 Å². The standard InChI is InChI=1S/C29H52N4O4S2/c1-7-30-20-24(38)32(26(30)34)22-28(3,4)14-9-11-16-36-18-13-19-37-17-12-10-15-29(5,6)23-33-25(39)21-31(8-2)27(33)35/h20-21,38-39H,7-19,22-23H2,1-6H3. The molecular formula is C29H52N4O4S2. The van der Waals surface area contributed by atoms with Crippen LogP contribution in [0.25, 0.3) is 0 Å². The molecule has 10 heteroatoms. The highest BCUT2D eigenvalue weighted by Crippen LogP contribution is 2.27. The van der Waals surface area contributed by atoms with Crippen LogP contribution in [0.5, 0.6) is 0 Å². The van der Waals surface area contributed by atoms with Gasteiger partial charge in [0.1, 0.15) is 0 Å². The van der Waals surface area contributed by atoms with Crippen LogP contribution in [0.4, 0.5) is 0 Å². The van der Waals surface area contributed by atoms with Gasteiger partial charge in [-0.25, -0.2) is 9.59 Å². The summed E-state index contributed by atoms with van der Waals surface area (Å²) < 4.78 is 18.5. The second-order valence-corrected chi connectivity index (χ2v) is 13.0. The number of nitrogens with zero attached hydrogens (tertiary/aromatic N) is 4. The van der Waals surface area contributed by atoms with Crippen LogP contribution < -0.4 is 11.4 Å². The summed E-state index contributed by atoms with van der Waals surface area (Å²) in [5.41, 5.74) is 0.0971. The first kappa shape index (κ1) is 33.8. The first-order valence-electron chi connectivity index (χ1n) is 14.5. The Morgan fingerprint density at radius 3 is 1.33 bits per heavy atom. The predicted octanol–water partition coefficient (Wildman–Crippen LogP) is 5.75. The minimum Gasteiger partial charge on any atom is -0.381 e. The van der Waals surface area contributed by atoms with E-state index in [1.807, 2.05) is 26.2 Å². The molecule has 39 heavy (non-hydrogen) atoms. The van der Waals surface area contributed by atoms with Crippen molar-refractivity contribution in [3.8, 4) is 0 Å². The number of hydrogen-bond acceptors (Lipinski definition) is 6. The third-order valence-electron chi connectivity index (χ3n) is 7.26. The molecular weight excluding hydrogens is 532 g/mol. The predicted molar refractivity (Wildman–Crippen MR) is 165 cm³/mol. The molecule has 0 aliphatic carbocycles. The summed E-state index contributed by atoms with van der Waals surface area (Å²) in [6, 6.07) is 0. The molecule has 0 N–H and O–H groups in total. The third kappa shape index (κ3) is 11.2. The number of rotatable bonds is 20. The molecule has 0 aliphatic heterocycles. The van der Waals surface area contributed by atoms with Crippen LogP contribution in [0.1, 0.15) is 86.5 Å². The van der Waals surface area contributed by atoms with Crippen molar-refractivity contribution < 1.29 is 9.47 Å². The maximum absolute atomic E-state index is 12.4. The van der Waals surface area contributed by atoms with Gasteiger partial charge < -0.3 is 9.47 Å². The topological polar surface area (TPSA) is 72.3 Å². The summed E-state index contributed by atoms with van der Waals surface area (Å²) in [6.45, 7) is 18.4. The zero-order chi connectivity index (χ0) is 29.1. The molecule has 0 amide bonds. The zero-order valence-electron chi connectivity index (χ0n) is 25.1. The molecule has 0 aromatic carbocycles. The molecule has 0 fully saturated rings. The van der Waals surface area contributed by atoms with E-state index in [1.165, 1.54) is 0 Å². The molecule has 0 atom stereocenters. The van der Waals surface area contributed by atoms with Crippen molar-refractivity contribution in [2.24, 2.45) is 10.8 Å². The summed E-state index contributed by atoms with van der Waals surface area (Å²) >= 11 is 8.96. The van der Waals surface area contributed by atoms with Gasteiger partial charge in [-0.1, -0.05) is 40.5 Å². The fourth-order valence-corrected chi connectivity index (χ4v) is 5.47. The lowest BCUT2D eigenvalue weighted by Gasteiger charge is -2.25. The number of aromatic nitrogens is 4. The van der Waals surface area contributed by atoms with Crippen LogP contribution in [0.3, 0.4) is 0 Å². The minimum absolute atomic E-state index is 0.0220. The van der Waals surface area contributed by atoms with Gasteiger partial charge in [-0.05, 0) is 56.8 Å². The summed E-state index contributed by atoms with van der Waals surface area (Å²) in [5.74, 6) is 0. The smallest absolute Gasteiger partial charge is 0.329 e. The Kier molecular flexibility index (Phi) is 14.0. The van der Waals surface area contributed by atoms with Gasteiger partial charge >= 0.3 is 11.4 Å². The molecule has 0 aliphatic rings. The molecule has 2 heterocycles. The van der Waals surface area contributed by atoms with Gasteiger partial charge in [0.05, 0.1) is 10.1 Å². The second-order valence-electron chi connectivity index (χ2n) is 12.1. The summed E-state index contributed by atoms with van der Waals surface area (Å²) in [4.78, 5) is 24.9. The van der Waals surface area contributed by atoms with Crippen LogP contribution >= 0.6 is 25.3 Å². The maximum atomic E-state index is 12.4. The van der Waals surface area contributed by atoms with Gasteiger partial charge in [0.25, 0.3) is 0 Å². The number of aryl methyl sites for hydroxylation is 2. The van der Waals surface area contributed by atoms with E-state index >= 15 is 0 Å². The summed E-state index contributed by atoms with van der Waals surface area (Å²) in [5, 5.41) is 1.46. The lowest BCUT2D eigenvalue weighted by atomic mass is 9.87. The normalized spacial score (nSPS) is 12.5. The van der Waals surface area contributed by atoms with Crippen molar-refractivity contribution in [1.82, 2.24) is 18.3 Å².